The molecular formula is C27H21F2N7. The number of aromatic nitrogens is 6. The molecular weight excluding hydrogens is 460 g/mol. The van der Waals surface area contributed by atoms with Crippen LogP contribution in [0, 0.1) is 11.6 Å². The smallest absolute Gasteiger partial charge is 0.178 e. The van der Waals surface area contributed by atoms with Crippen molar-refractivity contribution in [2.75, 3.05) is 14.1 Å². The minimum Gasteiger partial charge on any atom is -0.335 e. The van der Waals surface area contributed by atoms with E-state index in [0.717, 1.165) is 5.56 Å². The molecule has 4 heterocycles. The van der Waals surface area contributed by atoms with Crippen LogP contribution in [0.1, 0.15) is 5.56 Å². The van der Waals surface area contributed by atoms with Crippen LogP contribution in [0.3, 0.4) is 0 Å². The highest BCUT2D eigenvalue weighted by molar-refractivity contribution is 5.98. The monoisotopic (exact) mass is 481 g/mol. The van der Waals surface area contributed by atoms with E-state index in [1.807, 2.05) is 25.1 Å². The molecule has 0 fully saturated rings. The van der Waals surface area contributed by atoms with Gasteiger partial charge < -0.3 is 9.88 Å². The van der Waals surface area contributed by atoms with Gasteiger partial charge in [-0.3, -0.25) is 10.1 Å². The molecule has 0 amide bonds. The van der Waals surface area contributed by atoms with Crippen molar-refractivity contribution in [2.24, 2.45) is 0 Å². The average molecular weight is 482 g/mol. The number of halogens is 2. The summed E-state index contributed by atoms with van der Waals surface area (Å²) in [5, 5.41) is 7.54. The van der Waals surface area contributed by atoms with E-state index in [4.69, 9.17) is 0 Å². The van der Waals surface area contributed by atoms with E-state index in [9.17, 15) is 4.39 Å². The summed E-state index contributed by atoms with van der Waals surface area (Å²) in [6.07, 6.45) is 5.00. The second-order valence-electron chi connectivity index (χ2n) is 8.86. The fraction of sp³-hybridized carbons (Fsp3) is 0.111. The average Bonchev–Trinajstić information content (AvgIpc) is 3.49. The number of nitrogens with one attached hydrogen (secondary N) is 2. The van der Waals surface area contributed by atoms with Crippen molar-refractivity contribution in [3.05, 3.63) is 84.3 Å². The summed E-state index contributed by atoms with van der Waals surface area (Å²) in [5.74, 6) is -0.446. The number of pyridine rings is 2. The zero-order valence-electron chi connectivity index (χ0n) is 19.5. The maximum Gasteiger partial charge on any atom is 0.178 e. The number of nitrogens with zero attached hydrogens (tertiary/aromatic N) is 5. The van der Waals surface area contributed by atoms with Gasteiger partial charge in [-0.25, -0.2) is 18.7 Å². The van der Waals surface area contributed by atoms with Gasteiger partial charge in [0.25, 0.3) is 0 Å². The number of benzene rings is 2. The molecule has 0 spiro atoms. The van der Waals surface area contributed by atoms with Crippen molar-refractivity contribution in [3.63, 3.8) is 0 Å². The number of rotatable bonds is 5. The minimum absolute atomic E-state index is 0.303. The molecule has 0 aliphatic heterocycles. The van der Waals surface area contributed by atoms with Crippen molar-refractivity contribution < 1.29 is 8.78 Å². The van der Waals surface area contributed by atoms with Gasteiger partial charge in [-0.15, -0.1) is 0 Å². The summed E-state index contributed by atoms with van der Waals surface area (Å²) < 4.78 is 30.5. The Morgan fingerprint density at radius 3 is 2.64 bits per heavy atom. The van der Waals surface area contributed by atoms with Crippen LogP contribution in [0.4, 0.5) is 8.78 Å². The van der Waals surface area contributed by atoms with Crippen LogP contribution in [0.2, 0.25) is 0 Å². The van der Waals surface area contributed by atoms with Gasteiger partial charge >= 0.3 is 0 Å². The van der Waals surface area contributed by atoms with Gasteiger partial charge in [0.1, 0.15) is 17.3 Å². The highest BCUT2D eigenvalue weighted by atomic mass is 19.1. The van der Waals surface area contributed by atoms with Gasteiger partial charge in [0.2, 0.25) is 0 Å². The van der Waals surface area contributed by atoms with Gasteiger partial charge in [0.15, 0.2) is 11.5 Å². The molecule has 178 valence electrons. The molecule has 0 unspecified atom stereocenters. The Kier molecular flexibility index (Phi) is 5.26. The predicted octanol–water partition coefficient (Wildman–Crippen LogP) is 5.57. The van der Waals surface area contributed by atoms with Gasteiger partial charge in [0.05, 0.1) is 16.4 Å². The zero-order chi connectivity index (χ0) is 24.8. The van der Waals surface area contributed by atoms with E-state index in [2.05, 4.69) is 30.1 Å². The van der Waals surface area contributed by atoms with Crippen molar-refractivity contribution in [1.82, 2.24) is 35.0 Å². The largest absolute Gasteiger partial charge is 0.335 e. The van der Waals surface area contributed by atoms with Crippen LogP contribution in [0.5, 0.6) is 0 Å². The van der Waals surface area contributed by atoms with Gasteiger partial charge in [0, 0.05) is 47.4 Å². The normalized spacial score (nSPS) is 11.7. The maximum atomic E-state index is 16.0. The molecule has 0 saturated carbocycles. The topological polar surface area (TPSA) is 86.4 Å². The third-order valence-electron chi connectivity index (χ3n) is 6.05. The molecule has 0 aliphatic carbocycles. The van der Waals surface area contributed by atoms with Crippen molar-refractivity contribution in [3.8, 4) is 33.8 Å². The Labute approximate surface area is 204 Å². The second kappa shape index (κ2) is 8.62. The Bertz CT molecular complexity index is 1740. The van der Waals surface area contributed by atoms with Crippen molar-refractivity contribution >= 4 is 22.1 Å². The molecule has 4 aromatic heterocycles. The van der Waals surface area contributed by atoms with Crippen LogP contribution < -0.4 is 0 Å². The van der Waals surface area contributed by atoms with E-state index >= 15 is 4.39 Å². The molecule has 6 rings (SSSR count). The quantitative estimate of drug-likeness (QED) is 0.336. The standard InChI is InChI=1S/C27H21F2N7/c1-36(2)14-15-11-16(13-30-12-15)17-7-8-21-22(23(17)29)25(35-34-21)27-32-24-19(9-10-31-26(24)33-27)18-5-3-4-6-20(18)28/h3-13H,14H2,1-2H3,(H,34,35)(H,31,32,33). The molecule has 0 saturated heterocycles. The molecule has 0 bridgehead atoms. The maximum absolute atomic E-state index is 16.0. The van der Waals surface area contributed by atoms with E-state index in [1.165, 1.54) is 6.07 Å². The molecule has 0 radical (unpaired) electrons. The molecule has 9 heteroatoms. The van der Waals surface area contributed by atoms with Crippen molar-refractivity contribution in [1.29, 1.82) is 0 Å². The molecule has 0 atom stereocenters. The summed E-state index contributed by atoms with van der Waals surface area (Å²) in [6, 6.07) is 13.7. The first-order valence-corrected chi connectivity index (χ1v) is 11.3. The highest BCUT2D eigenvalue weighted by Crippen LogP contribution is 2.35. The second-order valence-corrected chi connectivity index (χ2v) is 8.86. The molecule has 36 heavy (non-hydrogen) atoms. The summed E-state index contributed by atoms with van der Waals surface area (Å²) >= 11 is 0. The van der Waals surface area contributed by atoms with E-state index in [1.54, 1.807) is 55.0 Å². The SMILES string of the molecule is CN(C)Cc1cncc(-c2ccc3[nH]nc(-c4nc5nccc(-c6ccccc6F)c5[nH]4)c3c2F)c1. The van der Waals surface area contributed by atoms with Gasteiger partial charge in [-0.1, -0.05) is 18.2 Å². The first-order chi connectivity index (χ1) is 17.5. The number of aromatic amines is 2. The van der Waals surface area contributed by atoms with E-state index in [-0.39, 0.29) is 5.82 Å². The third-order valence-corrected chi connectivity index (χ3v) is 6.05. The van der Waals surface area contributed by atoms with E-state index in [0.29, 0.717) is 62.4 Å². The number of hydrogen-bond donors (Lipinski definition) is 2. The Morgan fingerprint density at radius 2 is 1.81 bits per heavy atom. The summed E-state index contributed by atoms with van der Waals surface area (Å²) in [6.45, 7) is 0.692. The Hall–Kier alpha value is -4.50. The third kappa shape index (κ3) is 3.70. The molecule has 2 N–H and O–H groups in total. The van der Waals surface area contributed by atoms with Crippen LogP contribution in [0.15, 0.2) is 67.1 Å². The number of hydrogen-bond acceptors (Lipinski definition) is 5. The number of fused-ring (bicyclic) bond motifs is 2. The minimum atomic E-state index is -0.428. The van der Waals surface area contributed by atoms with Gasteiger partial charge in [-0.2, -0.15) is 5.10 Å². The van der Waals surface area contributed by atoms with Crippen LogP contribution in [0.25, 0.3) is 55.8 Å². The Morgan fingerprint density at radius 1 is 0.944 bits per heavy atom. The van der Waals surface area contributed by atoms with Crippen LogP contribution in [-0.4, -0.2) is 49.1 Å². The lowest BCUT2D eigenvalue weighted by molar-refractivity contribution is 0.402. The predicted molar refractivity (Wildman–Crippen MR) is 135 cm³/mol. The Balaban J connectivity index is 1.50. The number of H-pyrrole nitrogens is 2. The highest BCUT2D eigenvalue weighted by Gasteiger charge is 2.21. The fourth-order valence-electron chi connectivity index (χ4n) is 4.48. The van der Waals surface area contributed by atoms with E-state index < -0.39 is 5.82 Å². The molecule has 7 nitrogen and oxygen atoms in total. The van der Waals surface area contributed by atoms with Gasteiger partial charge in [-0.05, 0) is 50.0 Å². The lowest BCUT2D eigenvalue weighted by atomic mass is 10.0. The summed E-state index contributed by atoms with van der Waals surface area (Å²) in [5.41, 5.74) is 4.89. The van der Waals surface area contributed by atoms with Crippen molar-refractivity contribution in [2.45, 2.75) is 6.54 Å². The summed E-state index contributed by atoms with van der Waals surface area (Å²) in [4.78, 5) is 18.4. The molecule has 0 aliphatic rings. The summed E-state index contributed by atoms with van der Waals surface area (Å²) in [7, 11) is 3.94. The lowest BCUT2D eigenvalue weighted by Crippen LogP contribution is -2.10. The first-order valence-electron chi connectivity index (χ1n) is 11.3. The zero-order valence-corrected chi connectivity index (χ0v) is 19.5. The number of imidazole rings is 1. The fourth-order valence-corrected chi connectivity index (χ4v) is 4.48. The van der Waals surface area contributed by atoms with Crippen LogP contribution >= 0.6 is 0 Å². The van der Waals surface area contributed by atoms with Crippen LogP contribution in [-0.2, 0) is 6.54 Å². The molecule has 6 aromatic rings. The molecule has 2 aromatic carbocycles. The first kappa shape index (κ1) is 22.0. The lowest BCUT2D eigenvalue weighted by Gasteiger charge is -2.11.